The largest absolute Gasteiger partial charge is 1.00 e. The molecule has 0 bridgehead atoms. The minimum absolute atomic E-state index is 0. The molecule has 58 valence electrons. The average Bonchev–Trinajstić information content (AvgIpc) is 1.93. The van der Waals surface area contributed by atoms with Gasteiger partial charge in [-0.3, -0.25) is 0 Å². The van der Waals surface area contributed by atoms with Crippen LogP contribution >= 0.6 is 11.6 Å². The molecule has 1 aromatic rings. The molecule has 12 heavy (non-hydrogen) atoms. The summed E-state index contributed by atoms with van der Waals surface area (Å²) in [5.74, 6) is -1.11. The number of carboxylic acid groups (broad SMARTS) is 1. The molecule has 0 amide bonds. The molecule has 0 N–H and O–H groups in total. The minimum Gasteiger partial charge on any atom is -0.550 e. The van der Waals surface area contributed by atoms with E-state index < -0.39 is 5.97 Å². The van der Waals surface area contributed by atoms with Gasteiger partial charge in [0.15, 0.2) is 0 Å². The van der Waals surface area contributed by atoms with Crippen LogP contribution in [0.1, 0.15) is 5.56 Å². The number of hydrogen-bond acceptors (Lipinski definition) is 2. The molecule has 0 saturated carbocycles. The molecule has 0 heterocycles. The van der Waals surface area contributed by atoms with Crippen molar-refractivity contribution in [3.8, 4) is 0 Å². The average molecular weight is 193 g/mol. The molecule has 0 spiro atoms. The third kappa shape index (κ3) is 3.59. The first-order valence-corrected chi connectivity index (χ1v) is 3.51. The van der Waals surface area contributed by atoms with Crippen LogP contribution in [0.5, 0.6) is 0 Å². The standard InChI is InChI=1S/C8H7ClO2.Na/c9-7-4-2-1-3-6(7)5-8(10)11;/h1-4H,5H2,(H,10,11);/q;+1/p-1. The first-order chi connectivity index (χ1) is 5.20. The molecular formula is C8H6ClNaO2. The van der Waals surface area contributed by atoms with Crippen LogP contribution in [0.3, 0.4) is 0 Å². The molecule has 0 fully saturated rings. The molecule has 0 aliphatic heterocycles. The van der Waals surface area contributed by atoms with Crippen molar-refractivity contribution in [2.24, 2.45) is 0 Å². The molecule has 0 aliphatic carbocycles. The molecular weight excluding hydrogens is 187 g/mol. The maximum absolute atomic E-state index is 10.2. The van der Waals surface area contributed by atoms with Crippen LogP contribution in [-0.4, -0.2) is 5.97 Å². The monoisotopic (exact) mass is 192 g/mol. The second-order valence-corrected chi connectivity index (χ2v) is 2.55. The van der Waals surface area contributed by atoms with Gasteiger partial charge in [-0.1, -0.05) is 29.8 Å². The molecule has 0 radical (unpaired) electrons. The Labute approximate surface area is 97.8 Å². The third-order valence-electron chi connectivity index (χ3n) is 1.29. The fourth-order valence-electron chi connectivity index (χ4n) is 0.797. The Bertz CT molecular complexity index is 276. The zero-order valence-corrected chi connectivity index (χ0v) is 9.47. The maximum atomic E-state index is 10.2. The van der Waals surface area contributed by atoms with Gasteiger partial charge in [0.25, 0.3) is 0 Å². The number of hydrogen-bond donors (Lipinski definition) is 0. The summed E-state index contributed by atoms with van der Waals surface area (Å²) in [6.45, 7) is 0. The van der Waals surface area contributed by atoms with E-state index in [2.05, 4.69) is 0 Å². The second kappa shape index (κ2) is 5.60. The van der Waals surface area contributed by atoms with Crippen LogP contribution in [0.2, 0.25) is 5.02 Å². The number of carbonyl (C=O) groups excluding carboxylic acids is 1. The van der Waals surface area contributed by atoms with Crippen molar-refractivity contribution in [3.63, 3.8) is 0 Å². The Morgan fingerprint density at radius 3 is 2.50 bits per heavy atom. The van der Waals surface area contributed by atoms with Gasteiger partial charge in [-0.05, 0) is 11.6 Å². The Morgan fingerprint density at radius 1 is 1.42 bits per heavy atom. The van der Waals surface area contributed by atoms with Crippen LogP contribution in [-0.2, 0) is 11.2 Å². The van der Waals surface area contributed by atoms with Gasteiger partial charge in [0.05, 0.1) is 0 Å². The number of benzene rings is 1. The van der Waals surface area contributed by atoms with Gasteiger partial charge >= 0.3 is 29.6 Å². The minimum atomic E-state index is -1.11. The predicted molar refractivity (Wildman–Crippen MR) is 40.2 cm³/mol. The predicted octanol–water partition coefficient (Wildman–Crippen LogP) is -2.36. The quantitative estimate of drug-likeness (QED) is 0.492. The van der Waals surface area contributed by atoms with Crippen LogP contribution in [0.25, 0.3) is 0 Å². The summed E-state index contributed by atoms with van der Waals surface area (Å²) in [4.78, 5) is 10.2. The zero-order valence-electron chi connectivity index (χ0n) is 6.71. The Morgan fingerprint density at radius 2 is 2.00 bits per heavy atom. The van der Waals surface area contributed by atoms with E-state index >= 15 is 0 Å². The third-order valence-corrected chi connectivity index (χ3v) is 1.66. The number of aliphatic carboxylic acids is 1. The molecule has 0 atom stereocenters. The summed E-state index contributed by atoms with van der Waals surface area (Å²) in [5.41, 5.74) is 0.592. The van der Waals surface area contributed by atoms with Crippen molar-refractivity contribution in [1.82, 2.24) is 0 Å². The normalized spacial score (nSPS) is 8.75. The van der Waals surface area contributed by atoms with Crippen molar-refractivity contribution >= 4 is 17.6 Å². The van der Waals surface area contributed by atoms with Gasteiger partial charge in [0.1, 0.15) is 0 Å². The molecule has 4 heteroatoms. The zero-order chi connectivity index (χ0) is 8.27. The van der Waals surface area contributed by atoms with Crippen molar-refractivity contribution in [2.75, 3.05) is 0 Å². The van der Waals surface area contributed by atoms with Crippen LogP contribution < -0.4 is 34.7 Å². The summed E-state index contributed by atoms with van der Waals surface area (Å²) in [5, 5.41) is 10.6. The number of rotatable bonds is 2. The van der Waals surface area contributed by atoms with E-state index in [0.29, 0.717) is 10.6 Å². The van der Waals surface area contributed by atoms with E-state index in [1.54, 1.807) is 24.3 Å². The topological polar surface area (TPSA) is 40.1 Å². The fourth-order valence-corrected chi connectivity index (χ4v) is 1.000. The van der Waals surface area contributed by atoms with Crippen molar-refractivity contribution in [3.05, 3.63) is 34.9 Å². The smallest absolute Gasteiger partial charge is 0.550 e. The van der Waals surface area contributed by atoms with Gasteiger partial charge in [-0.25, -0.2) is 0 Å². The molecule has 1 aromatic carbocycles. The van der Waals surface area contributed by atoms with Gasteiger partial charge in [-0.2, -0.15) is 0 Å². The molecule has 0 aromatic heterocycles. The van der Waals surface area contributed by atoms with Crippen molar-refractivity contribution in [1.29, 1.82) is 0 Å². The van der Waals surface area contributed by atoms with E-state index in [0.717, 1.165) is 0 Å². The van der Waals surface area contributed by atoms with Gasteiger partial charge in [-0.15, -0.1) is 0 Å². The fraction of sp³-hybridized carbons (Fsp3) is 0.125. The van der Waals surface area contributed by atoms with Crippen molar-refractivity contribution < 1.29 is 39.5 Å². The first-order valence-electron chi connectivity index (χ1n) is 3.13. The van der Waals surface area contributed by atoms with E-state index in [9.17, 15) is 9.90 Å². The van der Waals surface area contributed by atoms with Crippen LogP contribution in [0, 0.1) is 0 Å². The summed E-state index contributed by atoms with van der Waals surface area (Å²) >= 11 is 5.68. The van der Waals surface area contributed by atoms with Crippen molar-refractivity contribution in [2.45, 2.75) is 6.42 Å². The molecule has 2 nitrogen and oxygen atoms in total. The van der Waals surface area contributed by atoms with Crippen LogP contribution in [0.4, 0.5) is 0 Å². The Balaban J connectivity index is 0.00000121. The molecule has 0 unspecified atom stereocenters. The molecule has 1 rings (SSSR count). The van der Waals surface area contributed by atoms with E-state index in [1.165, 1.54) is 0 Å². The summed E-state index contributed by atoms with van der Waals surface area (Å²) in [6, 6.07) is 6.81. The van der Waals surface area contributed by atoms with Gasteiger partial charge < -0.3 is 9.90 Å². The van der Waals surface area contributed by atoms with Crippen LogP contribution in [0.15, 0.2) is 24.3 Å². The van der Waals surface area contributed by atoms with E-state index in [4.69, 9.17) is 11.6 Å². The number of carboxylic acids is 1. The molecule has 0 saturated heterocycles. The second-order valence-electron chi connectivity index (χ2n) is 2.14. The summed E-state index contributed by atoms with van der Waals surface area (Å²) in [6.07, 6.45) is -0.125. The van der Waals surface area contributed by atoms with E-state index in [1.807, 2.05) is 0 Å². The first kappa shape index (κ1) is 12.0. The Hall–Kier alpha value is -0.0200. The SMILES string of the molecule is O=C([O-])Cc1ccccc1Cl.[Na+]. The maximum Gasteiger partial charge on any atom is 1.00 e. The number of halogens is 1. The number of carbonyl (C=O) groups is 1. The summed E-state index contributed by atoms with van der Waals surface area (Å²) < 4.78 is 0. The van der Waals surface area contributed by atoms with Gasteiger partial charge in [0, 0.05) is 17.4 Å². The van der Waals surface area contributed by atoms with Gasteiger partial charge in [0.2, 0.25) is 0 Å². The molecule has 0 aliphatic rings. The Kier molecular flexibility index (Phi) is 5.59. The van der Waals surface area contributed by atoms with E-state index in [-0.39, 0.29) is 36.0 Å². The summed E-state index contributed by atoms with van der Waals surface area (Å²) in [7, 11) is 0.